The third kappa shape index (κ3) is 4.86. The number of esters is 1. The Balaban J connectivity index is 1.87. The highest BCUT2D eigenvalue weighted by molar-refractivity contribution is 6.30. The van der Waals surface area contributed by atoms with E-state index in [4.69, 9.17) is 16.3 Å². The third-order valence-electron chi connectivity index (χ3n) is 4.48. The van der Waals surface area contributed by atoms with Gasteiger partial charge in [0.1, 0.15) is 11.6 Å². The first-order chi connectivity index (χ1) is 14.5. The van der Waals surface area contributed by atoms with E-state index in [9.17, 15) is 14.9 Å². The van der Waals surface area contributed by atoms with Gasteiger partial charge in [0, 0.05) is 28.0 Å². The van der Waals surface area contributed by atoms with Gasteiger partial charge < -0.3 is 9.64 Å². The summed E-state index contributed by atoms with van der Waals surface area (Å²) in [6, 6.07) is 16.3. The van der Waals surface area contributed by atoms with E-state index in [1.807, 2.05) is 47.5 Å². The zero-order chi connectivity index (χ0) is 21.5. The second kappa shape index (κ2) is 9.73. The maximum absolute atomic E-state index is 12.7. The van der Waals surface area contributed by atoms with Crippen LogP contribution in [0.25, 0.3) is 5.57 Å². The molecule has 6 heteroatoms. The van der Waals surface area contributed by atoms with Crippen molar-refractivity contribution in [3.63, 3.8) is 0 Å². The first-order valence-corrected chi connectivity index (χ1v) is 9.73. The number of allylic oxidation sites excluding steroid dienone is 4. The molecule has 0 spiro atoms. The van der Waals surface area contributed by atoms with Gasteiger partial charge in [0.05, 0.1) is 13.2 Å². The molecule has 5 nitrogen and oxygen atoms in total. The number of anilines is 1. The van der Waals surface area contributed by atoms with Gasteiger partial charge in [-0.15, -0.1) is 0 Å². The predicted molar refractivity (Wildman–Crippen MR) is 117 cm³/mol. The Bertz CT molecular complexity index is 1090. The average molecular weight is 419 g/mol. The quantitative estimate of drug-likeness (QED) is 0.287. The fourth-order valence-electron chi connectivity index (χ4n) is 3.01. The number of ether oxygens (including phenoxy) is 1. The molecule has 0 saturated carbocycles. The number of carbonyl (C=O) groups is 2. The Kier molecular flexibility index (Phi) is 6.84. The van der Waals surface area contributed by atoms with Crippen LogP contribution in [0.15, 0.2) is 78.5 Å². The number of hydrogen-bond acceptors (Lipinski definition) is 5. The number of hydrogen-bond donors (Lipinski definition) is 0. The molecular formula is C24H19ClN2O3. The van der Waals surface area contributed by atoms with E-state index < -0.39 is 5.97 Å². The van der Waals surface area contributed by atoms with E-state index in [1.165, 1.54) is 6.08 Å². The van der Waals surface area contributed by atoms with Crippen molar-refractivity contribution in [1.29, 1.82) is 5.26 Å². The summed E-state index contributed by atoms with van der Waals surface area (Å²) in [5.41, 5.74) is 3.08. The van der Waals surface area contributed by atoms with Crippen LogP contribution in [0.5, 0.6) is 0 Å². The van der Waals surface area contributed by atoms with Gasteiger partial charge in [0.15, 0.2) is 5.78 Å². The first-order valence-electron chi connectivity index (χ1n) is 9.35. The van der Waals surface area contributed by atoms with Crippen LogP contribution in [0.2, 0.25) is 5.02 Å². The molecule has 1 heterocycles. The molecular weight excluding hydrogens is 400 g/mol. The zero-order valence-corrected chi connectivity index (χ0v) is 17.1. The fourth-order valence-corrected chi connectivity index (χ4v) is 3.13. The molecule has 2 aromatic carbocycles. The fraction of sp³-hybridized carbons (Fsp3) is 0.125. The highest BCUT2D eigenvalue weighted by atomic mass is 35.5. The molecule has 0 unspecified atom stereocenters. The Morgan fingerprint density at radius 2 is 1.90 bits per heavy atom. The van der Waals surface area contributed by atoms with Gasteiger partial charge in [-0.3, -0.25) is 4.79 Å². The number of carbonyl (C=O) groups excluding carboxylic acids is 2. The Labute approximate surface area is 180 Å². The molecule has 150 valence electrons. The van der Waals surface area contributed by atoms with Crippen LogP contribution < -0.4 is 4.90 Å². The number of nitriles is 1. The van der Waals surface area contributed by atoms with Crippen molar-refractivity contribution < 1.29 is 14.3 Å². The van der Waals surface area contributed by atoms with Crippen molar-refractivity contribution in [2.45, 2.75) is 6.92 Å². The van der Waals surface area contributed by atoms with E-state index in [0.717, 1.165) is 16.8 Å². The Morgan fingerprint density at radius 3 is 2.60 bits per heavy atom. The lowest BCUT2D eigenvalue weighted by atomic mass is 9.98. The van der Waals surface area contributed by atoms with Crippen molar-refractivity contribution >= 4 is 34.6 Å². The molecule has 0 saturated heterocycles. The van der Waals surface area contributed by atoms with Gasteiger partial charge in [0.25, 0.3) is 0 Å². The summed E-state index contributed by atoms with van der Waals surface area (Å²) >= 11 is 5.90. The van der Waals surface area contributed by atoms with Crippen LogP contribution in [0, 0.1) is 11.3 Å². The number of ketones is 1. The van der Waals surface area contributed by atoms with Crippen LogP contribution >= 0.6 is 11.6 Å². The summed E-state index contributed by atoms with van der Waals surface area (Å²) in [5, 5.41) is 9.77. The summed E-state index contributed by atoms with van der Waals surface area (Å²) in [6.07, 6.45) is 6.80. The number of nitrogens with zero attached hydrogens (tertiary/aromatic N) is 2. The maximum Gasteiger partial charge on any atom is 0.348 e. The number of rotatable bonds is 6. The highest BCUT2D eigenvalue weighted by Crippen LogP contribution is 2.33. The van der Waals surface area contributed by atoms with Gasteiger partial charge >= 0.3 is 5.97 Å². The Morgan fingerprint density at radius 1 is 1.17 bits per heavy atom. The number of Topliss-reactive ketones (excluding diaryl/α,β-unsaturated/α-hetero) is 1. The third-order valence-corrected chi connectivity index (χ3v) is 4.74. The minimum absolute atomic E-state index is 0.0347. The Hall–Kier alpha value is -3.62. The minimum atomic E-state index is -0.653. The molecule has 1 aliphatic rings. The number of benzene rings is 2. The normalized spacial score (nSPS) is 14.2. The van der Waals surface area contributed by atoms with Crippen molar-refractivity contribution in [3.8, 4) is 6.07 Å². The van der Waals surface area contributed by atoms with Crippen LogP contribution in [-0.4, -0.2) is 24.9 Å². The predicted octanol–water partition coefficient (Wildman–Crippen LogP) is 4.95. The maximum atomic E-state index is 12.7. The molecule has 2 aromatic rings. The van der Waals surface area contributed by atoms with Crippen molar-refractivity contribution in [2.24, 2.45) is 0 Å². The van der Waals surface area contributed by atoms with E-state index >= 15 is 0 Å². The van der Waals surface area contributed by atoms with E-state index in [1.54, 1.807) is 37.3 Å². The number of halogens is 1. The summed E-state index contributed by atoms with van der Waals surface area (Å²) in [4.78, 5) is 26.3. The first kappa shape index (κ1) is 21.1. The standard InChI is InChI=1S/C24H19ClN2O3/c1-2-30-24(29)19(15-26)8-7-17-13-14-27(22-6-4-3-5-21(17)22)16-23(28)18-9-11-20(25)12-10-18/h3-14H,2,16H2,1H3/b17-7?,19-8+. The number of fused-ring (bicyclic) bond motifs is 1. The summed E-state index contributed by atoms with van der Waals surface area (Å²) < 4.78 is 4.88. The summed E-state index contributed by atoms with van der Waals surface area (Å²) in [7, 11) is 0. The lowest BCUT2D eigenvalue weighted by Crippen LogP contribution is -2.27. The molecule has 3 rings (SSSR count). The molecule has 0 atom stereocenters. The molecule has 1 aliphatic heterocycles. The molecule has 0 aliphatic carbocycles. The summed E-state index contributed by atoms with van der Waals surface area (Å²) in [6.45, 7) is 2.06. The molecule has 0 N–H and O–H groups in total. The molecule has 0 radical (unpaired) electrons. The second-order valence-corrected chi connectivity index (χ2v) is 6.86. The SMILES string of the molecule is CCOC(=O)/C(C#N)=C/C=C1C=CN(CC(=O)c2ccc(Cl)cc2)c2ccccc21. The lowest BCUT2D eigenvalue weighted by Gasteiger charge is -2.27. The van der Waals surface area contributed by atoms with Crippen LogP contribution in [-0.2, 0) is 9.53 Å². The highest BCUT2D eigenvalue weighted by Gasteiger charge is 2.19. The average Bonchev–Trinajstić information content (AvgIpc) is 2.76. The van der Waals surface area contributed by atoms with Crippen LogP contribution in [0.4, 0.5) is 5.69 Å². The monoisotopic (exact) mass is 418 g/mol. The van der Waals surface area contributed by atoms with E-state index in [-0.39, 0.29) is 24.5 Å². The molecule has 0 bridgehead atoms. The van der Waals surface area contributed by atoms with Gasteiger partial charge in [-0.25, -0.2) is 4.79 Å². The van der Waals surface area contributed by atoms with Crippen LogP contribution in [0.1, 0.15) is 22.8 Å². The van der Waals surface area contributed by atoms with Gasteiger partial charge in [0.2, 0.25) is 0 Å². The minimum Gasteiger partial charge on any atom is -0.462 e. The van der Waals surface area contributed by atoms with E-state index in [0.29, 0.717) is 10.6 Å². The van der Waals surface area contributed by atoms with Crippen molar-refractivity contribution in [1.82, 2.24) is 0 Å². The van der Waals surface area contributed by atoms with Crippen molar-refractivity contribution in [3.05, 3.63) is 94.7 Å². The second-order valence-electron chi connectivity index (χ2n) is 6.43. The molecule has 0 fully saturated rings. The van der Waals surface area contributed by atoms with Crippen LogP contribution in [0.3, 0.4) is 0 Å². The van der Waals surface area contributed by atoms with Gasteiger partial charge in [-0.1, -0.05) is 35.9 Å². The molecule has 0 amide bonds. The van der Waals surface area contributed by atoms with E-state index in [2.05, 4.69) is 0 Å². The number of para-hydroxylation sites is 1. The zero-order valence-electron chi connectivity index (χ0n) is 16.3. The van der Waals surface area contributed by atoms with Crippen molar-refractivity contribution in [2.75, 3.05) is 18.1 Å². The lowest BCUT2D eigenvalue weighted by molar-refractivity contribution is -0.138. The van der Waals surface area contributed by atoms with Gasteiger partial charge in [-0.2, -0.15) is 5.26 Å². The topological polar surface area (TPSA) is 70.4 Å². The van der Waals surface area contributed by atoms with Gasteiger partial charge in [-0.05, 0) is 55.0 Å². The molecule has 30 heavy (non-hydrogen) atoms. The largest absolute Gasteiger partial charge is 0.462 e. The summed E-state index contributed by atoms with van der Waals surface area (Å²) in [5.74, 6) is -0.687. The molecule has 0 aromatic heterocycles. The smallest absolute Gasteiger partial charge is 0.348 e.